The van der Waals surface area contributed by atoms with E-state index in [2.05, 4.69) is 10.6 Å². The van der Waals surface area contributed by atoms with Crippen molar-refractivity contribution in [3.63, 3.8) is 0 Å². The molecule has 0 bridgehead atoms. The molecule has 0 radical (unpaired) electrons. The molecule has 1 aliphatic rings. The first-order valence-electron chi connectivity index (χ1n) is 8.00. The molecule has 2 rings (SSSR count). The van der Waals surface area contributed by atoms with E-state index in [1.165, 1.54) is 0 Å². The fourth-order valence-electron chi connectivity index (χ4n) is 2.68. The first-order chi connectivity index (χ1) is 10.6. The lowest BCUT2D eigenvalue weighted by atomic mass is 10.0. The van der Waals surface area contributed by atoms with Gasteiger partial charge in [0.25, 0.3) is 0 Å². The van der Waals surface area contributed by atoms with Crippen LogP contribution in [0.1, 0.15) is 37.9 Å². The van der Waals surface area contributed by atoms with E-state index in [0.717, 1.165) is 25.0 Å². The number of halogens is 1. The van der Waals surface area contributed by atoms with E-state index in [-0.39, 0.29) is 37.0 Å². The van der Waals surface area contributed by atoms with E-state index in [0.29, 0.717) is 13.0 Å². The highest BCUT2D eigenvalue weighted by Crippen LogP contribution is 2.17. The maximum atomic E-state index is 11.8. The second-order valence-electron chi connectivity index (χ2n) is 5.90. The zero-order valence-corrected chi connectivity index (χ0v) is 14.3. The number of ether oxygens (including phenoxy) is 1. The number of benzene rings is 1. The third-order valence-electron chi connectivity index (χ3n) is 3.85. The Bertz CT molecular complexity index is 452. The van der Waals surface area contributed by atoms with Gasteiger partial charge < -0.3 is 20.5 Å². The number of rotatable bonds is 8. The summed E-state index contributed by atoms with van der Waals surface area (Å²) in [5, 5.41) is 16.2. The highest BCUT2D eigenvalue weighted by molar-refractivity contribution is 5.85. The van der Waals surface area contributed by atoms with Crippen molar-refractivity contribution in [1.29, 1.82) is 0 Å². The summed E-state index contributed by atoms with van der Waals surface area (Å²) in [6.45, 7) is 3.73. The SMILES string of the molecule is CC(CC(O)c1ccccc1)NC(=O)CNCC1CCCO1.Cl. The molecule has 0 saturated carbocycles. The standard InChI is InChI=1S/C17H26N2O3.ClH/c1-13(10-16(20)14-6-3-2-4-7-14)19-17(21)12-18-11-15-8-5-9-22-15;/h2-4,6-7,13,15-16,18,20H,5,8-12H2,1H3,(H,19,21);1H. The molecule has 1 fully saturated rings. The number of aliphatic hydroxyl groups is 1. The number of hydrogen-bond donors (Lipinski definition) is 3. The minimum absolute atomic E-state index is 0. The van der Waals surface area contributed by atoms with E-state index in [1.807, 2.05) is 37.3 Å². The number of hydrogen-bond acceptors (Lipinski definition) is 4. The maximum Gasteiger partial charge on any atom is 0.234 e. The molecule has 3 unspecified atom stereocenters. The number of carbonyl (C=O) groups excluding carboxylic acids is 1. The van der Waals surface area contributed by atoms with E-state index in [1.54, 1.807) is 0 Å². The summed E-state index contributed by atoms with van der Waals surface area (Å²) < 4.78 is 5.49. The first-order valence-corrected chi connectivity index (χ1v) is 8.00. The molecule has 23 heavy (non-hydrogen) atoms. The van der Waals surface area contributed by atoms with Gasteiger partial charge in [0, 0.05) is 19.2 Å². The van der Waals surface area contributed by atoms with E-state index in [4.69, 9.17) is 4.74 Å². The summed E-state index contributed by atoms with van der Waals surface area (Å²) in [4.78, 5) is 11.8. The van der Waals surface area contributed by atoms with Crippen molar-refractivity contribution in [1.82, 2.24) is 10.6 Å². The van der Waals surface area contributed by atoms with Crippen LogP contribution in [0.25, 0.3) is 0 Å². The average molecular weight is 343 g/mol. The van der Waals surface area contributed by atoms with Gasteiger partial charge in [-0.1, -0.05) is 30.3 Å². The summed E-state index contributed by atoms with van der Waals surface area (Å²) in [7, 11) is 0. The van der Waals surface area contributed by atoms with Crippen molar-refractivity contribution in [2.75, 3.05) is 19.7 Å². The van der Waals surface area contributed by atoms with Gasteiger partial charge in [0.15, 0.2) is 0 Å². The van der Waals surface area contributed by atoms with Gasteiger partial charge in [-0.3, -0.25) is 4.79 Å². The molecule has 3 N–H and O–H groups in total. The van der Waals surface area contributed by atoms with Gasteiger partial charge in [-0.2, -0.15) is 0 Å². The summed E-state index contributed by atoms with van der Waals surface area (Å²) in [6, 6.07) is 9.42. The van der Waals surface area contributed by atoms with Crippen LogP contribution in [0.5, 0.6) is 0 Å². The van der Waals surface area contributed by atoms with E-state index < -0.39 is 6.10 Å². The molecular formula is C17H27ClN2O3. The molecule has 1 heterocycles. The highest BCUT2D eigenvalue weighted by Gasteiger charge is 2.16. The predicted molar refractivity (Wildman–Crippen MR) is 92.7 cm³/mol. The predicted octanol–water partition coefficient (Wildman–Crippen LogP) is 1.81. The van der Waals surface area contributed by atoms with Gasteiger partial charge in [0.05, 0.1) is 18.8 Å². The number of amides is 1. The highest BCUT2D eigenvalue weighted by atomic mass is 35.5. The first kappa shape index (κ1) is 19.9. The van der Waals surface area contributed by atoms with Crippen molar-refractivity contribution >= 4 is 18.3 Å². The molecule has 130 valence electrons. The molecule has 6 heteroatoms. The van der Waals surface area contributed by atoms with Crippen molar-refractivity contribution in [3.05, 3.63) is 35.9 Å². The van der Waals surface area contributed by atoms with Crippen LogP contribution in [0.3, 0.4) is 0 Å². The average Bonchev–Trinajstić information content (AvgIpc) is 3.01. The molecule has 1 amide bonds. The van der Waals surface area contributed by atoms with Gasteiger partial charge >= 0.3 is 0 Å². The van der Waals surface area contributed by atoms with Crippen LogP contribution < -0.4 is 10.6 Å². The molecule has 0 aromatic heterocycles. The Hall–Kier alpha value is -1.14. The van der Waals surface area contributed by atoms with Crippen LogP contribution in [0, 0.1) is 0 Å². The summed E-state index contributed by atoms with van der Waals surface area (Å²) in [6.07, 6.45) is 2.35. The van der Waals surface area contributed by atoms with Crippen LogP contribution >= 0.6 is 12.4 Å². The minimum Gasteiger partial charge on any atom is -0.388 e. The lowest BCUT2D eigenvalue weighted by molar-refractivity contribution is -0.121. The van der Waals surface area contributed by atoms with Crippen LogP contribution in [0.4, 0.5) is 0 Å². The Morgan fingerprint density at radius 1 is 1.39 bits per heavy atom. The Kier molecular flexibility index (Phi) is 9.17. The normalized spacial score (nSPS) is 19.7. The monoisotopic (exact) mass is 342 g/mol. The molecule has 3 atom stereocenters. The third kappa shape index (κ3) is 7.31. The number of carbonyl (C=O) groups is 1. The van der Waals surface area contributed by atoms with E-state index in [9.17, 15) is 9.90 Å². The molecule has 5 nitrogen and oxygen atoms in total. The molecule has 1 aromatic rings. The van der Waals surface area contributed by atoms with Crippen LogP contribution in [-0.2, 0) is 9.53 Å². The fraction of sp³-hybridized carbons (Fsp3) is 0.588. The third-order valence-corrected chi connectivity index (χ3v) is 3.85. The van der Waals surface area contributed by atoms with Crippen molar-refractivity contribution in [2.24, 2.45) is 0 Å². The lowest BCUT2D eigenvalue weighted by Gasteiger charge is -2.18. The zero-order chi connectivity index (χ0) is 15.8. The van der Waals surface area contributed by atoms with E-state index >= 15 is 0 Å². The number of nitrogens with one attached hydrogen (secondary N) is 2. The van der Waals surface area contributed by atoms with Crippen LogP contribution in [0.2, 0.25) is 0 Å². The second kappa shape index (κ2) is 10.6. The molecule has 0 aliphatic carbocycles. The van der Waals surface area contributed by atoms with Gasteiger partial charge in [-0.05, 0) is 31.7 Å². The lowest BCUT2D eigenvalue weighted by Crippen LogP contribution is -2.41. The molecule has 0 spiro atoms. The zero-order valence-electron chi connectivity index (χ0n) is 13.5. The van der Waals surface area contributed by atoms with Crippen LogP contribution in [0.15, 0.2) is 30.3 Å². The Balaban J connectivity index is 0.00000264. The molecule has 1 aromatic carbocycles. The van der Waals surface area contributed by atoms with Gasteiger partial charge in [-0.25, -0.2) is 0 Å². The summed E-state index contributed by atoms with van der Waals surface area (Å²) in [5.41, 5.74) is 0.875. The minimum atomic E-state index is -0.559. The second-order valence-corrected chi connectivity index (χ2v) is 5.90. The molecular weight excluding hydrogens is 316 g/mol. The Morgan fingerprint density at radius 2 is 2.13 bits per heavy atom. The van der Waals surface area contributed by atoms with Gasteiger partial charge in [-0.15, -0.1) is 12.4 Å². The summed E-state index contributed by atoms with van der Waals surface area (Å²) >= 11 is 0. The summed E-state index contributed by atoms with van der Waals surface area (Å²) in [5.74, 6) is -0.0502. The Morgan fingerprint density at radius 3 is 2.78 bits per heavy atom. The fourth-order valence-corrected chi connectivity index (χ4v) is 2.68. The van der Waals surface area contributed by atoms with Crippen molar-refractivity contribution in [2.45, 2.75) is 44.4 Å². The number of aliphatic hydroxyl groups excluding tert-OH is 1. The smallest absolute Gasteiger partial charge is 0.234 e. The van der Waals surface area contributed by atoms with Gasteiger partial charge in [0.1, 0.15) is 0 Å². The topological polar surface area (TPSA) is 70.6 Å². The van der Waals surface area contributed by atoms with Crippen molar-refractivity contribution in [3.8, 4) is 0 Å². The van der Waals surface area contributed by atoms with Crippen LogP contribution in [-0.4, -0.2) is 42.9 Å². The maximum absolute atomic E-state index is 11.8. The molecule has 1 aliphatic heterocycles. The Labute approximate surface area is 144 Å². The quantitative estimate of drug-likeness (QED) is 0.674. The van der Waals surface area contributed by atoms with Gasteiger partial charge in [0.2, 0.25) is 5.91 Å². The largest absolute Gasteiger partial charge is 0.388 e. The molecule has 1 saturated heterocycles. The van der Waals surface area contributed by atoms with Crippen molar-refractivity contribution < 1.29 is 14.6 Å².